The lowest BCUT2D eigenvalue weighted by atomic mass is 9.75. The molecule has 2 saturated heterocycles. The molecule has 0 aromatic carbocycles. The number of rotatable bonds is 4. The third kappa shape index (κ3) is 4.28. The normalized spacial score (nSPS) is 31.2. The van der Waals surface area contributed by atoms with Crippen LogP contribution in [0.15, 0.2) is 0 Å². The van der Waals surface area contributed by atoms with E-state index in [1.165, 1.54) is 43.4 Å². The van der Waals surface area contributed by atoms with Crippen LogP contribution in [0.25, 0.3) is 0 Å². The Bertz CT molecular complexity index is 687. The second kappa shape index (κ2) is 9.18. The molecule has 2 N–H and O–H groups in total. The average molecular weight is 433 g/mol. The van der Waals surface area contributed by atoms with Gasteiger partial charge in [-0.3, -0.25) is 25.1 Å². The molecule has 0 aromatic rings. The van der Waals surface area contributed by atoms with Crippen LogP contribution in [0.4, 0.5) is 4.79 Å². The fourth-order valence-electron chi connectivity index (χ4n) is 6.28. The van der Waals surface area contributed by atoms with Crippen molar-refractivity contribution in [2.24, 2.45) is 11.8 Å². The summed E-state index contributed by atoms with van der Waals surface area (Å²) in [6, 6.07) is -0.320. The van der Waals surface area contributed by atoms with Crippen molar-refractivity contribution in [1.29, 1.82) is 0 Å². The Hall–Kier alpha value is -1.47. The van der Waals surface area contributed by atoms with Crippen LogP contribution in [0.3, 0.4) is 0 Å². The van der Waals surface area contributed by atoms with Crippen molar-refractivity contribution in [3.05, 3.63) is 0 Å². The van der Waals surface area contributed by atoms with Gasteiger partial charge in [-0.25, -0.2) is 4.79 Å². The summed E-state index contributed by atoms with van der Waals surface area (Å²) in [6.45, 7) is 3.04. The predicted octanol–water partition coefficient (Wildman–Crippen LogP) is 3.04. The standard InChI is InChI=1S/C24H40N4O3/c1-23(19-11-7-6-8-12-19)21(30)28(22(31)27(23)2)17-20(29)18-15-25-24(26-16-18)13-9-4-3-5-10-14-24/h18-19,25-26H,3-17H2,1-2H3. The fourth-order valence-corrected chi connectivity index (χ4v) is 6.28. The number of nitrogens with one attached hydrogen (secondary N) is 2. The van der Waals surface area contributed by atoms with Crippen LogP contribution in [0.2, 0.25) is 0 Å². The lowest BCUT2D eigenvalue weighted by molar-refractivity contribution is -0.138. The molecule has 1 spiro atoms. The van der Waals surface area contributed by atoms with Gasteiger partial charge < -0.3 is 4.90 Å². The molecule has 7 heteroatoms. The van der Waals surface area contributed by atoms with Crippen LogP contribution in [-0.4, -0.2) is 65.4 Å². The Morgan fingerprint density at radius 3 is 2.10 bits per heavy atom. The Kier molecular flexibility index (Phi) is 6.73. The first-order chi connectivity index (χ1) is 14.9. The lowest BCUT2D eigenvalue weighted by Gasteiger charge is -2.43. The summed E-state index contributed by atoms with van der Waals surface area (Å²) in [4.78, 5) is 42.2. The first kappa shape index (κ1) is 22.7. The summed E-state index contributed by atoms with van der Waals surface area (Å²) in [5.41, 5.74) is -0.861. The Labute approximate surface area is 186 Å². The van der Waals surface area contributed by atoms with Gasteiger partial charge in [0.15, 0.2) is 5.78 Å². The predicted molar refractivity (Wildman–Crippen MR) is 119 cm³/mol. The second-order valence-electron chi connectivity index (χ2n) is 10.5. The molecular formula is C24H40N4O3. The van der Waals surface area contributed by atoms with Crippen LogP contribution in [0.1, 0.15) is 84.0 Å². The SMILES string of the molecule is CN1C(=O)N(CC(=O)C2CNC3(CCCCCCC3)NC2)C(=O)C1(C)C1CCCCC1. The molecule has 1 atom stereocenters. The second-order valence-corrected chi connectivity index (χ2v) is 10.5. The minimum Gasteiger partial charge on any atom is -0.313 e. The zero-order chi connectivity index (χ0) is 22.1. The maximum atomic E-state index is 13.4. The number of hydrogen-bond acceptors (Lipinski definition) is 5. The highest BCUT2D eigenvalue weighted by atomic mass is 16.2. The van der Waals surface area contributed by atoms with Gasteiger partial charge in [0.2, 0.25) is 0 Å². The number of amides is 3. The molecule has 0 bridgehead atoms. The maximum absolute atomic E-state index is 13.4. The highest BCUT2D eigenvalue weighted by Gasteiger charge is 2.57. The summed E-state index contributed by atoms with van der Waals surface area (Å²) in [7, 11) is 1.72. The van der Waals surface area contributed by atoms with E-state index in [-0.39, 0.29) is 41.8 Å². The van der Waals surface area contributed by atoms with Gasteiger partial charge in [0.25, 0.3) is 5.91 Å². The van der Waals surface area contributed by atoms with Gasteiger partial charge in [0.05, 0.1) is 12.2 Å². The number of imide groups is 1. The number of ketones is 1. The zero-order valence-electron chi connectivity index (χ0n) is 19.4. The summed E-state index contributed by atoms with van der Waals surface area (Å²) in [6.07, 6.45) is 13.9. The van der Waals surface area contributed by atoms with Crippen LogP contribution < -0.4 is 10.6 Å². The van der Waals surface area contributed by atoms with E-state index in [1.54, 1.807) is 11.9 Å². The molecule has 2 heterocycles. The molecule has 2 aliphatic heterocycles. The number of urea groups is 1. The Morgan fingerprint density at radius 2 is 1.48 bits per heavy atom. The van der Waals surface area contributed by atoms with Crippen molar-refractivity contribution in [3.63, 3.8) is 0 Å². The third-order valence-corrected chi connectivity index (χ3v) is 8.64. The van der Waals surface area contributed by atoms with Gasteiger partial charge in [-0.2, -0.15) is 0 Å². The topological polar surface area (TPSA) is 81.8 Å². The fraction of sp³-hybridized carbons (Fsp3) is 0.875. The van der Waals surface area contributed by atoms with Crippen LogP contribution in [0, 0.1) is 11.8 Å². The van der Waals surface area contributed by atoms with Crippen molar-refractivity contribution >= 4 is 17.7 Å². The molecular weight excluding hydrogens is 392 g/mol. The number of Topliss-reactive ketones (excluding diaryl/α,β-unsaturated/α-hetero) is 1. The quantitative estimate of drug-likeness (QED) is 0.668. The lowest BCUT2D eigenvalue weighted by Crippen LogP contribution is -2.65. The largest absolute Gasteiger partial charge is 0.327 e. The summed E-state index contributed by atoms with van der Waals surface area (Å²) in [5, 5.41) is 7.25. The highest BCUT2D eigenvalue weighted by molar-refractivity contribution is 6.09. The van der Waals surface area contributed by atoms with E-state index in [0.29, 0.717) is 13.1 Å². The molecule has 4 aliphatic rings. The highest BCUT2D eigenvalue weighted by Crippen LogP contribution is 2.41. The van der Waals surface area contributed by atoms with Crippen molar-refractivity contribution < 1.29 is 14.4 Å². The van der Waals surface area contributed by atoms with Crippen LogP contribution >= 0.6 is 0 Å². The smallest absolute Gasteiger partial charge is 0.313 e. The molecule has 4 rings (SSSR count). The minimum atomic E-state index is -0.816. The molecule has 31 heavy (non-hydrogen) atoms. The minimum absolute atomic E-state index is 0.0244. The number of likely N-dealkylation sites (N-methyl/N-ethyl adjacent to an activating group) is 1. The van der Waals surface area contributed by atoms with Crippen LogP contribution in [0.5, 0.6) is 0 Å². The number of hydrogen-bond donors (Lipinski definition) is 2. The Balaban J connectivity index is 1.37. The molecule has 7 nitrogen and oxygen atoms in total. The molecule has 1 unspecified atom stereocenters. The first-order valence-electron chi connectivity index (χ1n) is 12.5. The number of carbonyl (C=O) groups excluding carboxylic acids is 3. The monoisotopic (exact) mass is 432 g/mol. The van der Waals surface area contributed by atoms with Gasteiger partial charge in [-0.05, 0) is 38.5 Å². The summed E-state index contributed by atoms with van der Waals surface area (Å²) in [5.74, 6) is -0.236. The molecule has 0 aromatic heterocycles. The summed E-state index contributed by atoms with van der Waals surface area (Å²) >= 11 is 0. The van der Waals surface area contributed by atoms with E-state index in [1.807, 2.05) is 6.92 Å². The van der Waals surface area contributed by atoms with E-state index in [0.717, 1.165) is 38.5 Å². The van der Waals surface area contributed by atoms with Crippen molar-refractivity contribution in [3.8, 4) is 0 Å². The molecule has 2 saturated carbocycles. The Morgan fingerprint density at radius 1 is 0.935 bits per heavy atom. The molecule has 0 radical (unpaired) electrons. The number of carbonyl (C=O) groups is 3. The van der Waals surface area contributed by atoms with E-state index >= 15 is 0 Å². The zero-order valence-corrected chi connectivity index (χ0v) is 19.4. The first-order valence-corrected chi connectivity index (χ1v) is 12.5. The molecule has 4 fully saturated rings. The van der Waals surface area contributed by atoms with Gasteiger partial charge >= 0.3 is 6.03 Å². The van der Waals surface area contributed by atoms with E-state index in [9.17, 15) is 14.4 Å². The molecule has 3 amide bonds. The van der Waals surface area contributed by atoms with Gasteiger partial charge in [0.1, 0.15) is 5.54 Å². The van der Waals surface area contributed by atoms with Gasteiger partial charge in [-0.15, -0.1) is 0 Å². The van der Waals surface area contributed by atoms with Crippen molar-refractivity contribution in [1.82, 2.24) is 20.4 Å². The van der Waals surface area contributed by atoms with E-state index in [2.05, 4.69) is 10.6 Å². The van der Waals surface area contributed by atoms with Crippen LogP contribution in [-0.2, 0) is 9.59 Å². The third-order valence-electron chi connectivity index (χ3n) is 8.64. The van der Waals surface area contributed by atoms with Gasteiger partial charge in [0, 0.05) is 26.1 Å². The van der Waals surface area contributed by atoms with Gasteiger partial charge in [-0.1, -0.05) is 51.4 Å². The van der Waals surface area contributed by atoms with E-state index in [4.69, 9.17) is 0 Å². The molecule has 2 aliphatic carbocycles. The maximum Gasteiger partial charge on any atom is 0.327 e. The van der Waals surface area contributed by atoms with Crippen molar-refractivity contribution in [2.45, 2.75) is 95.2 Å². The molecule has 174 valence electrons. The van der Waals surface area contributed by atoms with Crippen molar-refractivity contribution in [2.75, 3.05) is 26.7 Å². The summed E-state index contributed by atoms with van der Waals surface area (Å²) < 4.78 is 0. The average Bonchev–Trinajstić information content (AvgIpc) is 2.94. The number of nitrogens with zero attached hydrogens (tertiary/aromatic N) is 2. The van der Waals surface area contributed by atoms with E-state index < -0.39 is 5.54 Å².